The fraction of sp³-hybridized carbons (Fsp3) is 0.350. The normalized spacial score (nSPS) is 11.8. The Morgan fingerprint density at radius 3 is 2.50 bits per heavy atom. The predicted octanol–water partition coefficient (Wildman–Crippen LogP) is 4.65. The van der Waals surface area contributed by atoms with Gasteiger partial charge >= 0.3 is 0 Å². The van der Waals surface area contributed by atoms with Crippen LogP contribution >= 0.6 is 23.8 Å². The second-order valence-corrected chi connectivity index (χ2v) is 7.36. The fourth-order valence-electron chi connectivity index (χ4n) is 2.66. The molecule has 0 bridgehead atoms. The number of hydrogen-bond donors (Lipinski definition) is 1. The summed E-state index contributed by atoms with van der Waals surface area (Å²) in [7, 11) is 0. The zero-order valence-electron chi connectivity index (χ0n) is 15.2. The molecule has 1 unspecified atom stereocenters. The summed E-state index contributed by atoms with van der Waals surface area (Å²) in [6.45, 7) is 9.53. The van der Waals surface area contributed by atoms with Crippen LogP contribution in [0.1, 0.15) is 25.8 Å². The quantitative estimate of drug-likeness (QED) is 0.500. The van der Waals surface area contributed by atoms with Crippen molar-refractivity contribution in [2.45, 2.75) is 32.9 Å². The molecule has 0 aliphatic heterocycles. The standard InChI is InChI=1S/C20H25ClN4S/c1-4-12-25(20-22-10-5-11-23-20)18(13-15(2)3)19(26)24-14-16-6-8-17(21)9-7-16/h4-11,15,18H,1,12-14H2,2-3H3,(H,24,26). The first kappa shape index (κ1) is 20.3. The lowest BCUT2D eigenvalue weighted by Gasteiger charge is -2.33. The molecule has 0 fully saturated rings. The summed E-state index contributed by atoms with van der Waals surface area (Å²) >= 11 is 11.7. The number of hydrogen-bond acceptors (Lipinski definition) is 4. The summed E-state index contributed by atoms with van der Waals surface area (Å²) in [6.07, 6.45) is 6.24. The Hall–Kier alpha value is -1.98. The molecule has 1 N–H and O–H groups in total. The lowest BCUT2D eigenvalue weighted by atomic mass is 10.0. The highest BCUT2D eigenvalue weighted by Gasteiger charge is 2.25. The molecule has 0 spiro atoms. The molecule has 138 valence electrons. The zero-order valence-corrected chi connectivity index (χ0v) is 16.8. The predicted molar refractivity (Wildman–Crippen MR) is 114 cm³/mol. The minimum Gasteiger partial charge on any atom is -0.374 e. The van der Waals surface area contributed by atoms with Crippen molar-refractivity contribution in [1.29, 1.82) is 0 Å². The zero-order chi connectivity index (χ0) is 18.9. The van der Waals surface area contributed by atoms with E-state index in [1.165, 1.54) is 0 Å². The van der Waals surface area contributed by atoms with Gasteiger partial charge < -0.3 is 10.2 Å². The number of nitrogens with one attached hydrogen (secondary N) is 1. The molecule has 1 aromatic carbocycles. The molecule has 0 radical (unpaired) electrons. The van der Waals surface area contributed by atoms with Crippen molar-refractivity contribution >= 4 is 34.8 Å². The number of rotatable bonds is 9. The van der Waals surface area contributed by atoms with Crippen molar-refractivity contribution in [3.05, 3.63) is 66.0 Å². The Balaban J connectivity index is 2.16. The van der Waals surface area contributed by atoms with Crippen LogP contribution in [0.4, 0.5) is 5.95 Å². The number of thiocarbonyl (C=S) groups is 1. The summed E-state index contributed by atoms with van der Waals surface area (Å²) in [6, 6.07) is 9.57. The Kier molecular flexibility index (Phi) is 8.01. The molecule has 26 heavy (non-hydrogen) atoms. The third-order valence-electron chi connectivity index (χ3n) is 3.89. The minimum atomic E-state index is -0.00213. The smallest absolute Gasteiger partial charge is 0.226 e. The Labute approximate surface area is 166 Å². The Bertz CT molecular complexity index is 704. The van der Waals surface area contributed by atoms with E-state index < -0.39 is 0 Å². The molecule has 0 aliphatic carbocycles. The highest BCUT2D eigenvalue weighted by molar-refractivity contribution is 7.80. The first-order chi connectivity index (χ1) is 12.5. The number of halogens is 1. The van der Waals surface area contributed by atoms with Crippen molar-refractivity contribution in [1.82, 2.24) is 15.3 Å². The van der Waals surface area contributed by atoms with Crippen LogP contribution in [0.2, 0.25) is 5.02 Å². The van der Waals surface area contributed by atoms with E-state index in [4.69, 9.17) is 23.8 Å². The molecule has 1 aromatic heterocycles. The van der Waals surface area contributed by atoms with Gasteiger partial charge in [-0.2, -0.15) is 0 Å². The Morgan fingerprint density at radius 1 is 1.27 bits per heavy atom. The van der Waals surface area contributed by atoms with Gasteiger partial charge in [-0.1, -0.05) is 55.9 Å². The third-order valence-corrected chi connectivity index (χ3v) is 4.56. The van der Waals surface area contributed by atoms with Gasteiger partial charge in [-0.3, -0.25) is 0 Å². The van der Waals surface area contributed by atoms with Crippen molar-refractivity contribution in [3.63, 3.8) is 0 Å². The van der Waals surface area contributed by atoms with Crippen LogP contribution < -0.4 is 10.2 Å². The van der Waals surface area contributed by atoms with Gasteiger partial charge in [0.05, 0.1) is 11.0 Å². The van der Waals surface area contributed by atoms with E-state index in [0.717, 1.165) is 22.0 Å². The Morgan fingerprint density at radius 2 is 1.92 bits per heavy atom. The molecular weight excluding hydrogens is 364 g/mol. The first-order valence-corrected chi connectivity index (χ1v) is 9.46. The topological polar surface area (TPSA) is 41.1 Å². The van der Waals surface area contributed by atoms with Crippen molar-refractivity contribution in [2.24, 2.45) is 5.92 Å². The van der Waals surface area contributed by atoms with E-state index in [-0.39, 0.29) is 6.04 Å². The van der Waals surface area contributed by atoms with Gasteiger partial charge in [-0.15, -0.1) is 6.58 Å². The molecule has 6 heteroatoms. The van der Waals surface area contributed by atoms with Crippen LogP contribution in [-0.2, 0) is 6.54 Å². The van der Waals surface area contributed by atoms with E-state index in [2.05, 4.69) is 40.6 Å². The van der Waals surface area contributed by atoms with Gasteiger partial charge in [0, 0.05) is 30.5 Å². The maximum absolute atomic E-state index is 5.95. The number of aromatic nitrogens is 2. The first-order valence-electron chi connectivity index (χ1n) is 8.68. The van der Waals surface area contributed by atoms with Gasteiger partial charge in [0.15, 0.2) is 0 Å². The van der Waals surface area contributed by atoms with Crippen LogP contribution in [0, 0.1) is 5.92 Å². The molecule has 2 aromatic rings. The van der Waals surface area contributed by atoms with E-state index in [1.807, 2.05) is 36.4 Å². The number of anilines is 1. The average Bonchev–Trinajstić information content (AvgIpc) is 2.64. The maximum Gasteiger partial charge on any atom is 0.226 e. The van der Waals surface area contributed by atoms with Crippen LogP contribution in [0.3, 0.4) is 0 Å². The van der Waals surface area contributed by atoms with Gasteiger partial charge in [-0.25, -0.2) is 9.97 Å². The summed E-state index contributed by atoms with van der Waals surface area (Å²) in [5.74, 6) is 1.14. The SMILES string of the molecule is C=CCN(c1ncccn1)C(CC(C)C)C(=S)NCc1ccc(Cl)cc1. The van der Waals surface area contributed by atoms with E-state index in [9.17, 15) is 0 Å². The van der Waals surface area contributed by atoms with Gasteiger partial charge in [0.25, 0.3) is 0 Å². The van der Waals surface area contributed by atoms with Crippen molar-refractivity contribution < 1.29 is 0 Å². The molecular formula is C20H25ClN4S. The van der Waals surface area contributed by atoms with E-state index in [1.54, 1.807) is 12.4 Å². The lowest BCUT2D eigenvalue weighted by Crippen LogP contribution is -2.47. The summed E-state index contributed by atoms with van der Waals surface area (Å²) in [5.41, 5.74) is 1.13. The third kappa shape index (κ3) is 6.07. The van der Waals surface area contributed by atoms with Gasteiger partial charge in [0.2, 0.25) is 5.95 Å². The van der Waals surface area contributed by atoms with Crippen LogP contribution in [0.15, 0.2) is 55.4 Å². The molecule has 0 saturated heterocycles. The monoisotopic (exact) mass is 388 g/mol. The van der Waals surface area contributed by atoms with Gasteiger partial charge in [-0.05, 0) is 36.1 Å². The van der Waals surface area contributed by atoms with Crippen LogP contribution in [-0.4, -0.2) is 27.5 Å². The van der Waals surface area contributed by atoms with Crippen molar-refractivity contribution in [3.8, 4) is 0 Å². The van der Waals surface area contributed by atoms with Crippen LogP contribution in [0.25, 0.3) is 0 Å². The highest BCUT2D eigenvalue weighted by Crippen LogP contribution is 2.18. The highest BCUT2D eigenvalue weighted by atomic mass is 35.5. The van der Waals surface area contributed by atoms with Gasteiger partial charge in [0.1, 0.15) is 0 Å². The molecule has 4 nitrogen and oxygen atoms in total. The van der Waals surface area contributed by atoms with Crippen LogP contribution in [0.5, 0.6) is 0 Å². The number of benzene rings is 1. The number of nitrogens with zero attached hydrogens (tertiary/aromatic N) is 3. The molecule has 0 amide bonds. The van der Waals surface area contributed by atoms with E-state index in [0.29, 0.717) is 25.0 Å². The summed E-state index contributed by atoms with van der Waals surface area (Å²) in [4.78, 5) is 11.7. The minimum absolute atomic E-state index is 0.00213. The lowest BCUT2D eigenvalue weighted by molar-refractivity contribution is 0.531. The van der Waals surface area contributed by atoms with E-state index >= 15 is 0 Å². The van der Waals surface area contributed by atoms with Crippen molar-refractivity contribution in [2.75, 3.05) is 11.4 Å². The average molecular weight is 389 g/mol. The molecule has 1 atom stereocenters. The maximum atomic E-state index is 5.95. The molecule has 1 heterocycles. The summed E-state index contributed by atoms with van der Waals surface area (Å²) in [5, 5.41) is 4.12. The second-order valence-electron chi connectivity index (χ2n) is 6.48. The summed E-state index contributed by atoms with van der Waals surface area (Å²) < 4.78 is 0. The molecule has 0 aliphatic rings. The fourth-order valence-corrected chi connectivity index (χ4v) is 3.08. The molecule has 0 saturated carbocycles. The largest absolute Gasteiger partial charge is 0.374 e. The second kappa shape index (κ2) is 10.2. The molecule has 2 rings (SSSR count).